The Bertz CT molecular complexity index is 709. The van der Waals surface area contributed by atoms with E-state index in [1.807, 2.05) is 31.2 Å². The second kappa shape index (κ2) is 7.43. The zero-order valence-electron chi connectivity index (χ0n) is 12.4. The number of carbonyl (C=O) groups excluding carboxylic acids is 1. The summed E-state index contributed by atoms with van der Waals surface area (Å²) in [5, 5.41) is 4.90. The number of aryl methyl sites for hydroxylation is 1. The molecule has 22 heavy (non-hydrogen) atoms. The Morgan fingerprint density at radius 2 is 1.82 bits per heavy atom. The van der Waals surface area contributed by atoms with Gasteiger partial charge in [-0.1, -0.05) is 54.4 Å². The highest BCUT2D eigenvalue weighted by Crippen LogP contribution is 2.20. The van der Waals surface area contributed by atoms with Gasteiger partial charge in [0.15, 0.2) is 0 Å². The van der Waals surface area contributed by atoms with Crippen LogP contribution in [-0.4, -0.2) is 11.6 Å². The van der Waals surface area contributed by atoms with Crippen LogP contribution >= 0.6 is 23.2 Å². The predicted octanol–water partition coefficient (Wildman–Crippen LogP) is 4.71. The number of nitrogens with zero attached hydrogens (tertiary/aromatic N) is 1. The van der Waals surface area contributed by atoms with E-state index >= 15 is 0 Å². The van der Waals surface area contributed by atoms with Crippen molar-refractivity contribution in [1.82, 2.24) is 5.43 Å². The molecule has 0 aromatic heterocycles. The lowest BCUT2D eigenvalue weighted by Crippen LogP contribution is -2.19. The van der Waals surface area contributed by atoms with E-state index in [1.54, 1.807) is 12.1 Å². The van der Waals surface area contributed by atoms with Crippen LogP contribution in [0.2, 0.25) is 10.0 Å². The van der Waals surface area contributed by atoms with E-state index in [0.29, 0.717) is 15.6 Å². The van der Waals surface area contributed by atoms with Gasteiger partial charge < -0.3 is 0 Å². The molecule has 2 aromatic rings. The molecule has 114 valence electrons. The molecule has 0 fully saturated rings. The largest absolute Gasteiger partial charge is 0.272 e. The van der Waals surface area contributed by atoms with Gasteiger partial charge in [0, 0.05) is 5.02 Å². The fourth-order valence-electron chi connectivity index (χ4n) is 1.91. The summed E-state index contributed by atoms with van der Waals surface area (Å²) in [4.78, 5) is 12.1. The van der Waals surface area contributed by atoms with Crippen molar-refractivity contribution in [2.24, 2.45) is 5.10 Å². The topological polar surface area (TPSA) is 41.5 Å². The Morgan fingerprint density at radius 3 is 2.41 bits per heavy atom. The highest BCUT2D eigenvalue weighted by atomic mass is 35.5. The molecule has 0 spiro atoms. The fraction of sp³-hybridized carbons (Fsp3) is 0.176. The minimum atomic E-state index is -0.369. The van der Waals surface area contributed by atoms with Crippen molar-refractivity contribution in [2.45, 2.75) is 20.3 Å². The van der Waals surface area contributed by atoms with Gasteiger partial charge in [-0.15, -0.1) is 0 Å². The zero-order chi connectivity index (χ0) is 16.1. The van der Waals surface area contributed by atoms with E-state index < -0.39 is 0 Å². The summed E-state index contributed by atoms with van der Waals surface area (Å²) in [7, 11) is 0. The first kappa shape index (κ1) is 16.5. The highest BCUT2D eigenvalue weighted by Gasteiger charge is 2.10. The molecule has 0 atom stereocenters. The van der Waals surface area contributed by atoms with Crippen LogP contribution in [0.15, 0.2) is 47.6 Å². The number of amides is 1. The Kier molecular flexibility index (Phi) is 5.58. The number of halogens is 2. The third-order valence-corrected chi connectivity index (χ3v) is 3.83. The minimum absolute atomic E-state index is 0.296. The molecule has 2 aromatic carbocycles. The normalized spacial score (nSPS) is 11.4. The smallest absolute Gasteiger partial charge is 0.267 e. The number of nitrogens with one attached hydrogen (secondary N) is 1. The molecule has 3 nitrogen and oxygen atoms in total. The maximum absolute atomic E-state index is 12.1. The van der Waals surface area contributed by atoms with Crippen LogP contribution in [0.5, 0.6) is 0 Å². The Balaban J connectivity index is 2.10. The van der Waals surface area contributed by atoms with Crippen molar-refractivity contribution in [2.75, 3.05) is 0 Å². The monoisotopic (exact) mass is 334 g/mol. The number of rotatable bonds is 4. The molecular formula is C17H16Cl2N2O. The molecule has 0 radical (unpaired) electrons. The zero-order valence-corrected chi connectivity index (χ0v) is 13.9. The van der Waals surface area contributed by atoms with E-state index in [4.69, 9.17) is 23.2 Å². The van der Waals surface area contributed by atoms with E-state index in [2.05, 4.69) is 17.5 Å². The van der Waals surface area contributed by atoms with Crippen molar-refractivity contribution in [3.8, 4) is 0 Å². The van der Waals surface area contributed by atoms with E-state index in [1.165, 1.54) is 11.6 Å². The molecule has 0 aliphatic carbocycles. The summed E-state index contributed by atoms with van der Waals surface area (Å²) in [6, 6.07) is 12.8. The lowest BCUT2D eigenvalue weighted by atomic mass is 10.1. The SMILES string of the molecule is CCc1ccc(/C(C)=N\NC(=O)c2ccc(Cl)cc2Cl)cc1. The summed E-state index contributed by atoms with van der Waals surface area (Å²) in [5.41, 5.74) is 5.78. The minimum Gasteiger partial charge on any atom is -0.267 e. The van der Waals surface area contributed by atoms with Gasteiger partial charge >= 0.3 is 0 Å². The van der Waals surface area contributed by atoms with Gasteiger partial charge in [0.2, 0.25) is 0 Å². The van der Waals surface area contributed by atoms with Gasteiger partial charge in [-0.05, 0) is 42.7 Å². The van der Waals surface area contributed by atoms with Crippen molar-refractivity contribution in [1.29, 1.82) is 0 Å². The van der Waals surface area contributed by atoms with Crippen LogP contribution in [0.1, 0.15) is 35.3 Å². The van der Waals surface area contributed by atoms with Crippen LogP contribution in [0.25, 0.3) is 0 Å². The highest BCUT2D eigenvalue weighted by molar-refractivity contribution is 6.36. The van der Waals surface area contributed by atoms with Gasteiger partial charge in [0.25, 0.3) is 5.91 Å². The van der Waals surface area contributed by atoms with E-state index in [9.17, 15) is 4.79 Å². The Morgan fingerprint density at radius 1 is 1.14 bits per heavy atom. The van der Waals surface area contributed by atoms with Crippen LogP contribution in [0.4, 0.5) is 0 Å². The molecule has 0 saturated heterocycles. The standard InChI is InChI=1S/C17H16Cl2N2O/c1-3-12-4-6-13(7-5-12)11(2)20-21-17(22)15-9-8-14(18)10-16(15)19/h4-10H,3H2,1-2H3,(H,21,22)/b20-11-. The van der Waals surface area contributed by atoms with Crippen molar-refractivity contribution < 1.29 is 4.79 Å². The van der Waals surface area contributed by atoms with Crippen molar-refractivity contribution in [3.63, 3.8) is 0 Å². The first-order valence-corrected chi connectivity index (χ1v) is 7.66. The molecule has 0 saturated carbocycles. The van der Waals surface area contributed by atoms with Crippen LogP contribution < -0.4 is 5.43 Å². The molecule has 1 amide bonds. The number of hydrogen-bond donors (Lipinski definition) is 1. The molecule has 0 aliphatic rings. The molecule has 0 unspecified atom stereocenters. The summed E-state index contributed by atoms with van der Waals surface area (Å²) in [6.07, 6.45) is 0.988. The summed E-state index contributed by atoms with van der Waals surface area (Å²) < 4.78 is 0. The van der Waals surface area contributed by atoms with Gasteiger partial charge in [-0.25, -0.2) is 5.43 Å². The lowest BCUT2D eigenvalue weighted by molar-refractivity contribution is 0.0955. The quantitative estimate of drug-likeness (QED) is 0.638. The second-order valence-electron chi connectivity index (χ2n) is 4.81. The third kappa shape index (κ3) is 4.09. The summed E-state index contributed by atoms with van der Waals surface area (Å²) in [6.45, 7) is 3.94. The van der Waals surface area contributed by atoms with Crippen LogP contribution in [0, 0.1) is 0 Å². The number of carbonyl (C=O) groups is 1. The number of hydrogen-bond acceptors (Lipinski definition) is 2. The molecule has 0 aliphatic heterocycles. The Labute approximate surface area is 139 Å². The molecular weight excluding hydrogens is 319 g/mol. The Hall–Kier alpha value is -1.84. The van der Waals surface area contributed by atoms with Crippen molar-refractivity contribution in [3.05, 3.63) is 69.2 Å². The van der Waals surface area contributed by atoms with Crippen LogP contribution in [-0.2, 0) is 6.42 Å². The van der Waals surface area contributed by atoms with E-state index in [0.717, 1.165) is 17.7 Å². The van der Waals surface area contributed by atoms with Crippen LogP contribution in [0.3, 0.4) is 0 Å². The van der Waals surface area contributed by atoms with Crippen molar-refractivity contribution >= 4 is 34.8 Å². The average molecular weight is 335 g/mol. The van der Waals surface area contributed by atoms with E-state index in [-0.39, 0.29) is 5.91 Å². The third-order valence-electron chi connectivity index (χ3n) is 3.28. The van der Waals surface area contributed by atoms with Gasteiger partial charge in [0.1, 0.15) is 0 Å². The lowest BCUT2D eigenvalue weighted by Gasteiger charge is -2.05. The molecule has 0 heterocycles. The molecule has 2 rings (SSSR count). The predicted molar refractivity (Wildman–Crippen MR) is 92.0 cm³/mol. The first-order chi connectivity index (χ1) is 10.5. The maximum Gasteiger partial charge on any atom is 0.272 e. The molecule has 5 heteroatoms. The number of benzene rings is 2. The molecule has 1 N–H and O–H groups in total. The average Bonchev–Trinajstić information content (AvgIpc) is 2.52. The number of hydrazone groups is 1. The fourth-order valence-corrected chi connectivity index (χ4v) is 2.41. The molecule has 0 bridgehead atoms. The summed E-state index contributed by atoms with van der Waals surface area (Å²) in [5.74, 6) is -0.369. The van der Waals surface area contributed by atoms with Gasteiger partial charge in [0.05, 0.1) is 16.3 Å². The first-order valence-electron chi connectivity index (χ1n) is 6.90. The maximum atomic E-state index is 12.1. The van der Waals surface area contributed by atoms with Gasteiger partial charge in [-0.2, -0.15) is 5.10 Å². The second-order valence-corrected chi connectivity index (χ2v) is 5.66. The summed E-state index contributed by atoms with van der Waals surface area (Å²) >= 11 is 11.8. The van der Waals surface area contributed by atoms with Gasteiger partial charge in [-0.3, -0.25) is 4.79 Å².